The van der Waals surface area contributed by atoms with Gasteiger partial charge in [0.2, 0.25) is 11.8 Å². The quantitative estimate of drug-likeness (QED) is 0.640. The number of rotatable bonds is 4. The first-order valence-electron chi connectivity index (χ1n) is 11.4. The number of carbonyl (C=O) groups excluding carboxylic acids is 2. The monoisotopic (exact) mass is 457 g/mol. The Morgan fingerprint density at radius 1 is 0.971 bits per heavy atom. The fraction of sp³-hybridized carbons (Fsp3) is 0.296. The van der Waals surface area contributed by atoms with Gasteiger partial charge in [-0.25, -0.2) is 4.98 Å². The largest absolute Gasteiger partial charge is 0.438 e. The molecule has 2 amide bonds. The van der Waals surface area contributed by atoms with Gasteiger partial charge in [-0.15, -0.1) is 0 Å². The van der Waals surface area contributed by atoms with Gasteiger partial charge in [0.25, 0.3) is 5.91 Å². The Hall–Kier alpha value is -3.71. The van der Waals surface area contributed by atoms with Crippen molar-refractivity contribution in [3.63, 3.8) is 0 Å². The van der Waals surface area contributed by atoms with Crippen LogP contribution in [-0.4, -0.2) is 48.0 Å². The van der Waals surface area contributed by atoms with Crippen molar-refractivity contribution in [1.29, 1.82) is 0 Å². The average molecular weight is 458 g/mol. The summed E-state index contributed by atoms with van der Waals surface area (Å²) in [6.07, 6.45) is 0. The minimum Gasteiger partial charge on any atom is -0.438 e. The molecule has 0 radical (unpaired) electrons. The molecule has 0 aliphatic carbocycles. The molecule has 7 nitrogen and oxygen atoms in total. The van der Waals surface area contributed by atoms with Crippen LogP contribution in [0.3, 0.4) is 0 Å². The maximum Gasteiger partial charge on any atom is 0.254 e. The zero-order valence-electron chi connectivity index (χ0n) is 19.3. The predicted octanol–water partition coefficient (Wildman–Crippen LogP) is 3.97. The number of para-hydroxylation sites is 1. The highest BCUT2D eigenvalue weighted by Gasteiger charge is 2.42. The minimum absolute atomic E-state index is 0.00437. The molecule has 174 valence electrons. The lowest BCUT2D eigenvalue weighted by atomic mass is 9.70. The summed E-state index contributed by atoms with van der Waals surface area (Å²) in [7, 11) is 0. The molecular weight excluding hydrogens is 430 g/mol. The number of nitrogens with two attached hydrogens (primary N) is 1. The maximum atomic E-state index is 12.7. The number of hydrogen-bond donors (Lipinski definition) is 1. The summed E-state index contributed by atoms with van der Waals surface area (Å²) in [6, 6.07) is 19.0. The average Bonchev–Trinajstić information content (AvgIpc) is 2.87. The first-order valence-corrected chi connectivity index (χ1v) is 11.4. The summed E-state index contributed by atoms with van der Waals surface area (Å²) in [4.78, 5) is 31.7. The summed E-state index contributed by atoms with van der Waals surface area (Å²) in [6.45, 7) is 6.05. The van der Waals surface area contributed by atoms with Gasteiger partial charge < -0.3 is 20.1 Å². The molecule has 2 aromatic carbocycles. The predicted molar refractivity (Wildman–Crippen MR) is 128 cm³/mol. The van der Waals surface area contributed by atoms with E-state index in [-0.39, 0.29) is 17.7 Å². The zero-order valence-corrected chi connectivity index (χ0v) is 19.3. The molecule has 2 aliphatic heterocycles. The number of nitrogens with zero attached hydrogens (tertiary/aromatic N) is 2. The first-order chi connectivity index (χ1) is 16.4. The van der Waals surface area contributed by atoms with Crippen molar-refractivity contribution in [3.05, 3.63) is 77.4 Å². The molecule has 1 fully saturated rings. The molecule has 34 heavy (non-hydrogen) atoms. The molecule has 1 saturated heterocycles. The van der Waals surface area contributed by atoms with E-state index in [0.29, 0.717) is 43.5 Å². The van der Waals surface area contributed by atoms with Crippen molar-refractivity contribution >= 4 is 11.8 Å². The van der Waals surface area contributed by atoms with Gasteiger partial charge in [-0.05, 0) is 24.3 Å². The van der Waals surface area contributed by atoms with E-state index in [1.165, 1.54) is 0 Å². The van der Waals surface area contributed by atoms with E-state index in [4.69, 9.17) is 20.2 Å². The van der Waals surface area contributed by atoms with Gasteiger partial charge in [0, 0.05) is 41.3 Å². The zero-order chi connectivity index (χ0) is 23.9. The van der Waals surface area contributed by atoms with E-state index in [0.717, 1.165) is 22.4 Å². The highest BCUT2D eigenvalue weighted by atomic mass is 16.5. The normalized spacial score (nSPS) is 17.4. The summed E-state index contributed by atoms with van der Waals surface area (Å²) >= 11 is 0. The maximum absolute atomic E-state index is 12.7. The summed E-state index contributed by atoms with van der Waals surface area (Å²) < 4.78 is 11.5. The van der Waals surface area contributed by atoms with Crippen LogP contribution in [0.15, 0.2) is 60.7 Å². The second-order valence-electron chi connectivity index (χ2n) is 9.23. The van der Waals surface area contributed by atoms with Gasteiger partial charge in [0.15, 0.2) is 0 Å². The van der Waals surface area contributed by atoms with Gasteiger partial charge in [0.1, 0.15) is 5.75 Å². The Balaban J connectivity index is 1.48. The molecular formula is C27H27N3O4. The molecule has 2 N–H and O–H groups in total. The van der Waals surface area contributed by atoms with Crippen LogP contribution in [0, 0.1) is 5.41 Å². The third-order valence-electron chi connectivity index (χ3n) is 6.72. The Kier molecular flexibility index (Phi) is 5.57. The molecule has 2 aliphatic rings. The number of amides is 2. The van der Waals surface area contributed by atoms with E-state index >= 15 is 0 Å². The van der Waals surface area contributed by atoms with Crippen molar-refractivity contribution in [2.75, 3.05) is 26.3 Å². The van der Waals surface area contributed by atoms with Crippen molar-refractivity contribution in [2.24, 2.45) is 11.1 Å². The fourth-order valence-corrected chi connectivity index (χ4v) is 4.65. The first kappa shape index (κ1) is 22.1. The highest BCUT2D eigenvalue weighted by Crippen LogP contribution is 2.51. The lowest BCUT2D eigenvalue weighted by Gasteiger charge is -2.36. The molecule has 5 rings (SSSR count). The third-order valence-corrected chi connectivity index (χ3v) is 6.72. The van der Waals surface area contributed by atoms with Gasteiger partial charge in [-0.1, -0.05) is 50.2 Å². The second kappa shape index (κ2) is 8.57. The van der Waals surface area contributed by atoms with E-state index in [2.05, 4.69) is 0 Å². The number of benzene rings is 2. The number of ether oxygens (including phenoxy) is 2. The molecule has 0 spiro atoms. The molecule has 7 heteroatoms. The molecule has 3 heterocycles. The summed E-state index contributed by atoms with van der Waals surface area (Å²) in [5, 5.41) is 0. The molecule has 0 saturated carbocycles. The van der Waals surface area contributed by atoms with Crippen molar-refractivity contribution in [3.8, 4) is 22.9 Å². The molecule has 1 atom stereocenters. The second-order valence-corrected chi connectivity index (χ2v) is 9.23. The molecule has 0 bridgehead atoms. The number of pyridine rings is 1. The van der Waals surface area contributed by atoms with Crippen LogP contribution in [0.2, 0.25) is 0 Å². The third kappa shape index (κ3) is 3.82. The van der Waals surface area contributed by atoms with Crippen LogP contribution in [0.4, 0.5) is 0 Å². The number of fused-ring (bicyclic) bond motifs is 2. The molecule has 3 aromatic rings. The van der Waals surface area contributed by atoms with Gasteiger partial charge in [0.05, 0.1) is 24.3 Å². The van der Waals surface area contributed by atoms with E-state index < -0.39 is 5.41 Å². The minimum atomic E-state index is -0.834. The lowest BCUT2D eigenvalue weighted by Crippen LogP contribution is -2.40. The van der Waals surface area contributed by atoms with Gasteiger partial charge in [-0.2, -0.15) is 0 Å². The topological polar surface area (TPSA) is 94.8 Å². The van der Waals surface area contributed by atoms with Crippen LogP contribution in [0.1, 0.15) is 41.3 Å². The number of primary amides is 1. The van der Waals surface area contributed by atoms with Crippen LogP contribution in [0.5, 0.6) is 11.6 Å². The standard InChI is InChI=1S/C27H27N3O4/c1-27(2,26(28)32)23-19-5-3-4-6-22(19)34-24-20(23)11-12-21(29-24)17-7-9-18(10-8-17)25(31)30-13-15-33-16-14-30/h3-12,23H,13-16H2,1-2H3,(H2,28,32)/t23-/m0/s1. The van der Waals surface area contributed by atoms with E-state index in [9.17, 15) is 9.59 Å². The number of hydrogen-bond acceptors (Lipinski definition) is 5. The van der Waals surface area contributed by atoms with Crippen LogP contribution in [-0.2, 0) is 9.53 Å². The number of carbonyl (C=O) groups is 2. The number of aromatic nitrogens is 1. The van der Waals surface area contributed by atoms with E-state index in [1.54, 1.807) is 0 Å². The lowest BCUT2D eigenvalue weighted by molar-refractivity contribution is -0.126. The number of morpholine rings is 1. The highest BCUT2D eigenvalue weighted by molar-refractivity contribution is 5.94. The molecule has 0 unspecified atom stereocenters. The Labute approximate surface area is 198 Å². The summed E-state index contributed by atoms with van der Waals surface area (Å²) in [5.41, 5.74) is 8.92. The smallest absolute Gasteiger partial charge is 0.254 e. The summed E-state index contributed by atoms with van der Waals surface area (Å²) in [5.74, 6) is 0.476. The fourth-order valence-electron chi connectivity index (χ4n) is 4.65. The molecule has 1 aromatic heterocycles. The SMILES string of the molecule is CC(C)(C(N)=O)[C@H]1c2ccccc2Oc2nc(-c3ccc(C(=O)N4CCOCC4)cc3)ccc21. The van der Waals surface area contributed by atoms with E-state index in [1.807, 2.05) is 79.4 Å². The van der Waals surface area contributed by atoms with Crippen LogP contribution < -0.4 is 10.5 Å². The Bertz CT molecular complexity index is 1250. The van der Waals surface area contributed by atoms with Gasteiger partial charge >= 0.3 is 0 Å². The van der Waals surface area contributed by atoms with Crippen molar-refractivity contribution in [1.82, 2.24) is 9.88 Å². The van der Waals surface area contributed by atoms with Crippen LogP contribution in [0.25, 0.3) is 11.3 Å². The Morgan fingerprint density at radius 3 is 2.38 bits per heavy atom. The van der Waals surface area contributed by atoms with Crippen LogP contribution >= 0.6 is 0 Å². The van der Waals surface area contributed by atoms with Crippen molar-refractivity contribution < 1.29 is 19.1 Å². The van der Waals surface area contributed by atoms with Gasteiger partial charge in [-0.3, -0.25) is 9.59 Å². The Morgan fingerprint density at radius 2 is 1.68 bits per heavy atom. The van der Waals surface area contributed by atoms with Crippen molar-refractivity contribution in [2.45, 2.75) is 19.8 Å².